The fourth-order valence-electron chi connectivity index (χ4n) is 3.29. The number of halogens is 1. The third-order valence-electron chi connectivity index (χ3n) is 4.74. The average Bonchev–Trinajstić information content (AvgIpc) is 3.02. The maximum Gasteiger partial charge on any atom is 0.188 e. The number of benzene rings is 1. The molecule has 1 saturated heterocycles. The predicted molar refractivity (Wildman–Crippen MR) is 120 cm³/mol. The lowest BCUT2D eigenvalue weighted by atomic mass is 10.0. The van der Waals surface area contributed by atoms with Crippen LogP contribution in [0.2, 0.25) is 0 Å². The second kappa shape index (κ2) is 11.6. The van der Waals surface area contributed by atoms with Crippen LogP contribution in [0.1, 0.15) is 46.5 Å². The first-order valence-corrected chi connectivity index (χ1v) is 9.41. The molecule has 2 rings (SSSR count). The van der Waals surface area contributed by atoms with Crippen molar-refractivity contribution < 1.29 is 0 Å². The van der Waals surface area contributed by atoms with Crippen molar-refractivity contribution in [3.63, 3.8) is 0 Å². The normalized spacial score (nSPS) is 19.0. The molecule has 1 heterocycles. The van der Waals surface area contributed by atoms with Gasteiger partial charge >= 0.3 is 0 Å². The van der Waals surface area contributed by atoms with Crippen molar-refractivity contribution in [2.45, 2.75) is 52.5 Å². The maximum atomic E-state index is 6.06. The third kappa shape index (κ3) is 8.29. The number of guanidine groups is 1. The Morgan fingerprint density at radius 1 is 1.24 bits per heavy atom. The topological polar surface area (TPSA) is 53.6 Å². The van der Waals surface area contributed by atoms with E-state index < -0.39 is 0 Å². The molecule has 0 amide bonds. The van der Waals surface area contributed by atoms with Gasteiger partial charge in [0, 0.05) is 31.4 Å². The maximum absolute atomic E-state index is 6.06. The SMILES string of the molecule is CC(C)CCCC(C)NC(N)=NCC1CCN(c2ccccc2)C1.I. The van der Waals surface area contributed by atoms with Crippen molar-refractivity contribution in [2.75, 3.05) is 24.5 Å². The summed E-state index contributed by atoms with van der Waals surface area (Å²) in [6.07, 6.45) is 4.86. The van der Waals surface area contributed by atoms with Crippen LogP contribution in [0.15, 0.2) is 35.3 Å². The van der Waals surface area contributed by atoms with E-state index >= 15 is 0 Å². The molecule has 25 heavy (non-hydrogen) atoms. The molecule has 1 aromatic carbocycles. The molecule has 0 bridgehead atoms. The Kier molecular flexibility index (Phi) is 10.2. The smallest absolute Gasteiger partial charge is 0.188 e. The average molecular weight is 458 g/mol. The van der Waals surface area contributed by atoms with Gasteiger partial charge in [0.1, 0.15) is 0 Å². The first kappa shape index (κ1) is 22.1. The van der Waals surface area contributed by atoms with Crippen LogP contribution in [0.5, 0.6) is 0 Å². The molecule has 142 valence electrons. The van der Waals surface area contributed by atoms with Gasteiger partial charge in [-0.1, -0.05) is 44.9 Å². The van der Waals surface area contributed by atoms with Crippen molar-refractivity contribution in [2.24, 2.45) is 22.6 Å². The summed E-state index contributed by atoms with van der Waals surface area (Å²) >= 11 is 0. The molecule has 0 spiro atoms. The molecule has 0 aromatic heterocycles. The number of para-hydroxylation sites is 1. The number of anilines is 1. The van der Waals surface area contributed by atoms with E-state index in [-0.39, 0.29) is 24.0 Å². The van der Waals surface area contributed by atoms with E-state index in [0.717, 1.165) is 32.0 Å². The zero-order valence-electron chi connectivity index (χ0n) is 15.9. The Bertz CT molecular complexity index is 504. The van der Waals surface area contributed by atoms with Gasteiger partial charge in [-0.05, 0) is 43.7 Å². The quantitative estimate of drug-likeness (QED) is 0.348. The highest BCUT2D eigenvalue weighted by atomic mass is 127. The van der Waals surface area contributed by atoms with Crippen LogP contribution in [-0.4, -0.2) is 31.6 Å². The van der Waals surface area contributed by atoms with E-state index in [2.05, 4.69) is 66.3 Å². The van der Waals surface area contributed by atoms with Crippen molar-refractivity contribution in [3.05, 3.63) is 30.3 Å². The lowest BCUT2D eigenvalue weighted by Crippen LogP contribution is -2.38. The number of aliphatic imine (C=N–C) groups is 1. The van der Waals surface area contributed by atoms with Crippen molar-refractivity contribution in [1.82, 2.24) is 5.32 Å². The third-order valence-corrected chi connectivity index (χ3v) is 4.74. The number of rotatable bonds is 8. The lowest BCUT2D eigenvalue weighted by molar-refractivity contribution is 0.493. The van der Waals surface area contributed by atoms with Crippen molar-refractivity contribution in [1.29, 1.82) is 0 Å². The summed E-state index contributed by atoms with van der Waals surface area (Å²) in [5, 5.41) is 3.33. The number of nitrogens with two attached hydrogens (primary N) is 1. The van der Waals surface area contributed by atoms with Gasteiger partial charge in [0.25, 0.3) is 0 Å². The molecule has 1 aliphatic heterocycles. The number of nitrogens with one attached hydrogen (secondary N) is 1. The van der Waals surface area contributed by atoms with Gasteiger partial charge in [-0.3, -0.25) is 4.99 Å². The Labute approximate surface area is 170 Å². The number of hydrogen-bond acceptors (Lipinski definition) is 2. The van der Waals surface area contributed by atoms with Gasteiger partial charge in [-0.2, -0.15) is 0 Å². The van der Waals surface area contributed by atoms with Crippen LogP contribution in [0, 0.1) is 11.8 Å². The summed E-state index contributed by atoms with van der Waals surface area (Å²) in [5.74, 6) is 1.98. The molecule has 3 N–H and O–H groups in total. The van der Waals surface area contributed by atoms with E-state index in [4.69, 9.17) is 5.73 Å². The monoisotopic (exact) mass is 458 g/mol. The lowest BCUT2D eigenvalue weighted by Gasteiger charge is -2.18. The Hall–Kier alpha value is -0.980. The molecule has 0 radical (unpaired) electrons. The zero-order valence-corrected chi connectivity index (χ0v) is 18.3. The molecule has 5 heteroatoms. The molecular formula is C20H35IN4. The molecule has 4 nitrogen and oxygen atoms in total. The fraction of sp³-hybridized carbons (Fsp3) is 0.650. The first-order valence-electron chi connectivity index (χ1n) is 9.41. The Morgan fingerprint density at radius 2 is 1.96 bits per heavy atom. The van der Waals surface area contributed by atoms with Crippen molar-refractivity contribution in [3.8, 4) is 0 Å². The fourth-order valence-corrected chi connectivity index (χ4v) is 3.29. The second-order valence-electron chi connectivity index (χ2n) is 7.53. The Balaban J connectivity index is 0.00000312. The number of nitrogens with zero attached hydrogens (tertiary/aromatic N) is 2. The molecule has 1 fully saturated rings. The highest BCUT2D eigenvalue weighted by Gasteiger charge is 2.22. The van der Waals surface area contributed by atoms with E-state index in [0.29, 0.717) is 17.9 Å². The minimum atomic E-state index is 0. The molecule has 0 saturated carbocycles. The molecule has 1 aromatic rings. The highest BCUT2D eigenvalue weighted by molar-refractivity contribution is 14.0. The summed E-state index contributed by atoms with van der Waals surface area (Å²) in [5.41, 5.74) is 7.37. The van der Waals surface area contributed by atoms with Crippen LogP contribution in [-0.2, 0) is 0 Å². The summed E-state index contributed by atoms with van der Waals surface area (Å²) in [6, 6.07) is 11.0. The molecule has 1 aliphatic rings. The molecule has 0 aliphatic carbocycles. The van der Waals surface area contributed by atoms with E-state index in [9.17, 15) is 0 Å². The standard InChI is InChI=1S/C20H34N4.HI/c1-16(2)8-7-9-17(3)23-20(21)22-14-18-12-13-24(15-18)19-10-5-4-6-11-19;/h4-6,10-11,16-18H,7-9,12-15H2,1-3H3,(H3,21,22,23);1H. The van der Waals surface area contributed by atoms with Crippen molar-refractivity contribution >= 4 is 35.6 Å². The van der Waals surface area contributed by atoms with E-state index in [1.165, 1.54) is 24.9 Å². The molecular weight excluding hydrogens is 423 g/mol. The van der Waals surface area contributed by atoms with Crippen LogP contribution in [0.3, 0.4) is 0 Å². The van der Waals surface area contributed by atoms with Gasteiger partial charge in [0.2, 0.25) is 0 Å². The summed E-state index contributed by atoms with van der Waals surface area (Å²) in [4.78, 5) is 7.02. The zero-order chi connectivity index (χ0) is 17.4. The molecule has 2 atom stereocenters. The van der Waals surface area contributed by atoms with Gasteiger partial charge in [0.15, 0.2) is 5.96 Å². The van der Waals surface area contributed by atoms with Gasteiger partial charge in [-0.25, -0.2) is 0 Å². The summed E-state index contributed by atoms with van der Waals surface area (Å²) < 4.78 is 0. The summed E-state index contributed by atoms with van der Waals surface area (Å²) in [6.45, 7) is 9.74. The van der Waals surface area contributed by atoms with Gasteiger partial charge in [-0.15, -0.1) is 24.0 Å². The minimum Gasteiger partial charge on any atom is -0.371 e. The highest BCUT2D eigenvalue weighted by Crippen LogP contribution is 2.23. The minimum absolute atomic E-state index is 0. The van der Waals surface area contributed by atoms with Crippen LogP contribution in [0.4, 0.5) is 5.69 Å². The van der Waals surface area contributed by atoms with Gasteiger partial charge < -0.3 is 16.0 Å². The largest absolute Gasteiger partial charge is 0.371 e. The Morgan fingerprint density at radius 3 is 2.64 bits per heavy atom. The van der Waals surface area contributed by atoms with Crippen LogP contribution in [0.25, 0.3) is 0 Å². The van der Waals surface area contributed by atoms with Gasteiger partial charge in [0.05, 0.1) is 0 Å². The predicted octanol–water partition coefficient (Wildman–Crippen LogP) is 4.25. The number of hydrogen-bond donors (Lipinski definition) is 2. The first-order chi connectivity index (χ1) is 11.5. The van der Waals surface area contributed by atoms with E-state index in [1.54, 1.807) is 0 Å². The van der Waals surface area contributed by atoms with Crippen LogP contribution >= 0.6 is 24.0 Å². The van der Waals surface area contributed by atoms with E-state index in [1.807, 2.05) is 0 Å². The second-order valence-corrected chi connectivity index (χ2v) is 7.53. The van der Waals surface area contributed by atoms with Crippen LogP contribution < -0.4 is 16.0 Å². The molecule has 2 unspecified atom stereocenters. The summed E-state index contributed by atoms with van der Waals surface area (Å²) in [7, 11) is 0.